The third kappa shape index (κ3) is 2.89. The van der Waals surface area contributed by atoms with E-state index in [4.69, 9.17) is 14.6 Å². The molecule has 28 heavy (non-hydrogen) atoms. The summed E-state index contributed by atoms with van der Waals surface area (Å²) in [5.74, 6) is 1.78. The maximum atomic E-state index is 6.30. The first-order chi connectivity index (χ1) is 13.8. The summed E-state index contributed by atoms with van der Waals surface area (Å²) in [7, 11) is 0. The topological polar surface area (TPSA) is 47.0 Å². The van der Waals surface area contributed by atoms with Crippen molar-refractivity contribution in [2.75, 3.05) is 6.61 Å². The molecule has 2 aliphatic rings. The summed E-state index contributed by atoms with van der Waals surface area (Å²) in [5, 5.41) is 7.01. The van der Waals surface area contributed by atoms with Crippen molar-refractivity contribution in [3.8, 4) is 11.5 Å². The molecule has 5 rings (SSSR count). The second kappa shape index (κ2) is 7.00. The van der Waals surface area contributed by atoms with E-state index in [-0.39, 0.29) is 12.3 Å². The third-order valence-electron chi connectivity index (χ3n) is 5.14. The highest BCUT2D eigenvalue weighted by Gasteiger charge is 2.41. The van der Waals surface area contributed by atoms with Crippen molar-refractivity contribution in [2.24, 2.45) is 5.10 Å². The minimum absolute atomic E-state index is 0.138. The monoisotopic (exact) mass is 371 g/mol. The summed E-state index contributed by atoms with van der Waals surface area (Å²) < 4.78 is 11.9. The van der Waals surface area contributed by atoms with Crippen LogP contribution in [0.1, 0.15) is 42.4 Å². The van der Waals surface area contributed by atoms with Gasteiger partial charge in [0.15, 0.2) is 0 Å². The molecular formula is C23H21N3O2. The minimum Gasteiger partial charge on any atom is -0.494 e. The number of hydrogen-bond acceptors (Lipinski definition) is 5. The molecule has 0 aliphatic carbocycles. The molecule has 2 aromatic carbocycles. The van der Waals surface area contributed by atoms with E-state index < -0.39 is 0 Å². The van der Waals surface area contributed by atoms with Gasteiger partial charge in [-0.25, -0.2) is 5.01 Å². The van der Waals surface area contributed by atoms with Crippen molar-refractivity contribution < 1.29 is 9.47 Å². The van der Waals surface area contributed by atoms with Gasteiger partial charge < -0.3 is 9.47 Å². The normalized spacial score (nSPS) is 20.0. The fraction of sp³-hybridized carbons (Fsp3) is 0.217. The van der Waals surface area contributed by atoms with Crippen LogP contribution >= 0.6 is 0 Å². The van der Waals surface area contributed by atoms with Gasteiger partial charge in [0.05, 0.1) is 18.4 Å². The Morgan fingerprint density at radius 2 is 1.86 bits per heavy atom. The molecule has 5 heteroatoms. The predicted molar refractivity (Wildman–Crippen MR) is 107 cm³/mol. The lowest BCUT2D eigenvalue weighted by Crippen LogP contribution is -2.34. The van der Waals surface area contributed by atoms with Gasteiger partial charge in [0.25, 0.3) is 0 Å². The summed E-state index contributed by atoms with van der Waals surface area (Å²) in [6.07, 6.45) is 2.29. The number of hydrogen-bond donors (Lipinski definition) is 0. The zero-order valence-electron chi connectivity index (χ0n) is 15.7. The van der Waals surface area contributed by atoms with Crippen molar-refractivity contribution in [1.29, 1.82) is 0 Å². The summed E-state index contributed by atoms with van der Waals surface area (Å²) in [4.78, 5) is 4.51. The van der Waals surface area contributed by atoms with E-state index in [0.29, 0.717) is 6.61 Å². The molecule has 1 aromatic heterocycles. The molecule has 140 valence electrons. The molecule has 2 aliphatic heterocycles. The second-order valence-corrected chi connectivity index (χ2v) is 6.87. The fourth-order valence-corrected chi connectivity index (χ4v) is 3.84. The Hall–Kier alpha value is -3.34. The van der Waals surface area contributed by atoms with Crippen LogP contribution in [0.2, 0.25) is 0 Å². The molecule has 3 aromatic rings. The van der Waals surface area contributed by atoms with Crippen LogP contribution in [0.5, 0.6) is 11.5 Å². The Kier molecular flexibility index (Phi) is 4.20. The zero-order chi connectivity index (χ0) is 18.9. The van der Waals surface area contributed by atoms with Crippen molar-refractivity contribution in [2.45, 2.75) is 25.6 Å². The van der Waals surface area contributed by atoms with Crippen molar-refractivity contribution >= 4 is 5.71 Å². The molecule has 2 unspecified atom stereocenters. The number of benzene rings is 2. The number of fused-ring (bicyclic) bond motifs is 3. The van der Waals surface area contributed by atoms with E-state index in [1.165, 1.54) is 5.56 Å². The lowest BCUT2D eigenvalue weighted by atomic mass is 9.96. The lowest BCUT2D eigenvalue weighted by Gasteiger charge is -2.37. The highest BCUT2D eigenvalue weighted by atomic mass is 16.5. The lowest BCUT2D eigenvalue weighted by molar-refractivity contribution is -0.0218. The average molecular weight is 371 g/mol. The zero-order valence-corrected chi connectivity index (χ0v) is 15.7. The third-order valence-corrected chi connectivity index (χ3v) is 5.14. The molecule has 0 spiro atoms. The Bertz CT molecular complexity index is 1000. The maximum absolute atomic E-state index is 6.30. The van der Waals surface area contributed by atoms with Gasteiger partial charge in [-0.3, -0.25) is 4.98 Å². The molecule has 3 heterocycles. The smallest absolute Gasteiger partial charge is 0.230 e. The van der Waals surface area contributed by atoms with Crippen molar-refractivity contribution in [1.82, 2.24) is 9.99 Å². The SMILES string of the molecule is CCOc1ccc(C2=NN3C(C2)c2ccccc2OC3c2ccccn2)cc1. The van der Waals surface area contributed by atoms with E-state index in [0.717, 1.165) is 34.9 Å². The Labute approximate surface area is 164 Å². The molecule has 5 nitrogen and oxygen atoms in total. The predicted octanol–water partition coefficient (Wildman–Crippen LogP) is 4.72. The number of ether oxygens (including phenoxy) is 2. The summed E-state index contributed by atoms with van der Waals surface area (Å²) >= 11 is 0. The van der Waals surface area contributed by atoms with Crippen LogP contribution in [0.4, 0.5) is 0 Å². The molecule has 0 N–H and O–H groups in total. The molecule has 0 saturated heterocycles. The molecule has 0 radical (unpaired) electrons. The number of aromatic nitrogens is 1. The standard InChI is InChI=1S/C23H21N3O2/c1-2-27-17-12-10-16(11-13-17)20-15-21-18-7-3-4-9-22(18)28-23(26(21)25-20)19-8-5-6-14-24-19/h3-14,21,23H,2,15H2,1H3. The first kappa shape index (κ1) is 16.8. The second-order valence-electron chi connectivity index (χ2n) is 6.87. The van der Waals surface area contributed by atoms with Crippen LogP contribution in [0, 0.1) is 0 Å². The van der Waals surface area contributed by atoms with Crippen LogP contribution in [0.3, 0.4) is 0 Å². The number of hydrazone groups is 1. The number of nitrogens with zero attached hydrogens (tertiary/aromatic N) is 3. The van der Waals surface area contributed by atoms with E-state index in [2.05, 4.69) is 34.3 Å². The number of rotatable bonds is 4. The maximum Gasteiger partial charge on any atom is 0.230 e. The average Bonchev–Trinajstić information content (AvgIpc) is 3.20. The van der Waals surface area contributed by atoms with Crippen LogP contribution in [0.25, 0.3) is 0 Å². The van der Waals surface area contributed by atoms with E-state index in [1.54, 1.807) is 6.20 Å². The van der Waals surface area contributed by atoms with Gasteiger partial charge in [0.1, 0.15) is 17.2 Å². The van der Waals surface area contributed by atoms with Gasteiger partial charge in [-0.05, 0) is 55.0 Å². The first-order valence-electron chi connectivity index (χ1n) is 9.59. The number of pyridine rings is 1. The molecular weight excluding hydrogens is 350 g/mol. The first-order valence-corrected chi connectivity index (χ1v) is 9.59. The van der Waals surface area contributed by atoms with Gasteiger partial charge in [-0.1, -0.05) is 24.3 Å². The van der Waals surface area contributed by atoms with Gasteiger partial charge >= 0.3 is 0 Å². The Morgan fingerprint density at radius 3 is 2.64 bits per heavy atom. The molecule has 0 bridgehead atoms. The van der Waals surface area contributed by atoms with Crippen LogP contribution < -0.4 is 9.47 Å². The molecule has 0 fully saturated rings. The highest BCUT2D eigenvalue weighted by molar-refractivity contribution is 6.02. The van der Waals surface area contributed by atoms with Gasteiger partial charge in [-0.2, -0.15) is 5.10 Å². The quantitative estimate of drug-likeness (QED) is 0.666. The summed E-state index contributed by atoms with van der Waals surface area (Å²) in [6, 6.07) is 22.4. The summed E-state index contributed by atoms with van der Waals surface area (Å²) in [6.45, 7) is 2.65. The molecule has 2 atom stereocenters. The summed E-state index contributed by atoms with van der Waals surface area (Å²) in [5.41, 5.74) is 4.18. The van der Waals surface area contributed by atoms with E-state index in [1.807, 2.05) is 49.4 Å². The van der Waals surface area contributed by atoms with Crippen LogP contribution in [-0.4, -0.2) is 22.3 Å². The van der Waals surface area contributed by atoms with Crippen LogP contribution in [0.15, 0.2) is 78.0 Å². The van der Waals surface area contributed by atoms with Gasteiger partial charge in [0.2, 0.25) is 6.23 Å². The number of para-hydroxylation sites is 1. The largest absolute Gasteiger partial charge is 0.494 e. The molecule has 0 saturated carbocycles. The Morgan fingerprint density at radius 1 is 1.04 bits per heavy atom. The van der Waals surface area contributed by atoms with E-state index >= 15 is 0 Å². The minimum atomic E-state index is -0.332. The van der Waals surface area contributed by atoms with Crippen molar-refractivity contribution in [3.63, 3.8) is 0 Å². The van der Waals surface area contributed by atoms with Gasteiger partial charge in [0, 0.05) is 18.2 Å². The fourth-order valence-electron chi connectivity index (χ4n) is 3.84. The van der Waals surface area contributed by atoms with Crippen molar-refractivity contribution in [3.05, 3.63) is 89.7 Å². The Balaban J connectivity index is 1.53. The van der Waals surface area contributed by atoms with Crippen LogP contribution in [-0.2, 0) is 0 Å². The van der Waals surface area contributed by atoms with Gasteiger partial charge in [-0.15, -0.1) is 0 Å². The highest BCUT2D eigenvalue weighted by Crippen LogP contribution is 2.47. The molecule has 0 amide bonds. The van der Waals surface area contributed by atoms with E-state index in [9.17, 15) is 0 Å².